The molecule has 2 aromatic rings. The SMILES string of the molecule is CCN(CC)c1ncc2c(c1C#N)N(Cc1ccccc1)CC2. The molecule has 0 radical (unpaired) electrons. The quantitative estimate of drug-likeness (QED) is 0.849. The van der Waals surface area contributed by atoms with Gasteiger partial charge in [0, 0.05) is 32.4 Å². The maximum absolute atomic E-state index is 9.76. The second kappa shape index (κ2) is 6.70. The van der Waals surface area contributed by atoms with Gasteiger partial charge >= 0.3 is 0 Å². The number of aromatic nitrogens is 1. The molecule has 1 aliphatic heterocycles. The summed E-state index contributed by atoms with van der Waals surface area (Å²) >= 11 is 0. The summed E-state index contributed by atoms with van der Waals surface area (Å²) in [5, 5.41) is 9.76. The minimum Gasteiger partial charge on any atom is -0.365 e. The van der Waals surface area contributed by atoms with E-state index in [0.29, 0.717) is 0 Å². The minimum atomic E-state index is 0.722. The molecule has 0 saturated heterocycles. The zero-order valence-electron chi connectivity index (χ0n) is 13.8. The summed E-state index contributed by atoms with van der Waals surface area (Å²) in [5.74, 6) is 0.816. The Morgan fingerprint density at radius 2 is 1.96 bits per heavy atom. The zero-order valence-corrected chi connectivity index (χ0v) is 13.8. The third-order valence-electron chi connectivity index (χ3n) is 4.47. The van der Waals surface area contributed by atoms with Crippen LogP contribution in [0, 0.1) is 11.3 Å². The number of pyridine rings is 1. The van der Waals surface area contributed by atoms with Gasteiger partial charge in [0.15, 0.2) is 0 Å². The predicted octanol–water partition coefficient (Wildman–Crippen LogP) is 3.36. The summed E-state index contributed by atoms with van der Waals surface area (Å²) in [6.07, 6.45) is 2.91. The average molecular weight is 306 g/mol. The molecule has 0 spiro atoms. The van der Waals surface area contributed by atoms with Gasteiger partial charge in [0.2, 0.25) is 0 Å². The van der Waals surface area contributed by atoms with Gasteiger partial charge in [-0.3, -0.25) is 0 Å². The Morgan fingerprint density at radius 3 is 2.61 bits per heavy atom. The highest BCUT2D eigenvalue weighted by atomic mass is 15.2. The lowest BCUT2D eigenvalue weighted by molar-refractivity contribution is 0.830. The molecule has 0 amide bonds. The fourth-order valence-electron chi connectivity index (χ4n) is 3.27. The first-order chi connectivity index (χ1) is 11.3. The van der Waals surface area contributed by atoms with Crippen LogP contribution in [0.2, 0.25) is 0 Å². The van der Waals surface area contributed by atoms with Crippen molar-refractivity contribution in [3.8, 4) is 6.07 Å². The number of fused-ring (bicyclic) bond motifs is 1. The summed E-state index contributed by atoms with van der Waals surface area (Å²) in [5.41, 5.74) is 4.26. The third-order valence-corrected chi connectivity index (χ3v) is 4.47. The highest BCUT2D eigenvalue weighted by Gasteiger charge is 2.26. The van der Waals surface area contributed by atoms with E-state index in [4.69, 9.17) is 0 Å². The first-order valence-electron chi connectivity index (χ1n) is 8.24. The molecule has 0 bridgehead atoms. The van der Waals surface area contributed by atoms with Gasteiger partial charge < -0.3 is 9.80 Å². The molecular weight excluding hydrogens is 284 g/mol. The molecule has 4 nitrogen and oxygen atoms in total. The lowest BCUT2D eigenvalue weighted by Gasteiger charge is -2.25. The first-order valence-corrected chi connectivity index (χ1v) is 8.24. The van der Waals surface area contributed by atoms with E-state index in [-0.39, 0.29) is 0 Å². The minimum absolute atomic E-state index is 0.722. The first kappa shape index (κ1) is 15.4. The molecule has 0 N–H and O–H groups in total. The van der Waals surface area contributed by atoms with Crippen LogP contribution in [0.3, 0.4) is 0 Å². The fourth-order valence-corrected chi connectivity index (χ4v) is 3.27. The Kier molecular flexibility index (Phi) is 4.47. The van der Waals surface area contributed by atoms with E-state index >= 15 is 0 Å². The highest BCUT2D eigenvalue weighted by molar-refractivity contribution is 5.74. The molecule has 3 rings (SSSR count). The molecule has 0 atom stereocenters. The van der Waals surface area contributed by atoms with Gasteiger partial charge in [-0.05, 0) is 31.4 Å². The molecular formula is C19H22N4. The maximum Gasteiger partial charge on any atom is 0.148 e. The topological polar surface area (TPSA) is 43.2 Å². The maximum atomic E-state index is 9.76. The number of hydrogen-bond donors (Lipinski definition) is 0. The molecule has 0 saturated carbocycles. The highest BCUT2D eigenvalue weighted by Crippen LogP contribution is 2.36. The summed E-state index contributed by atoms with van der Waals surface area (Å²) in [7, 11) is 0. The number of benzene rings is 1. The monoisotopic (exact) mass is 306 g/mol. The average Bonchev–Trinajstić information content (AvgIpc) is 3.00. The molecule has 0 fully saturated rings. The normalized spacial score (nSPS) is 12.8. The van der Waals surface area contributed by atoms with Crippen molar-refractivity contribution in [2.24, 2.45) is 0 Å². The molecule has 0 aliphatic carbocycles. The molecule has 1 aliphatic rings. The van der Waals surface area contributed by atoms with Crippen LogP contribution in [-0.4, -0.2) is 24.6 Å². The summed E-state index contributed by atoms with van der Waals surface area (Å²) in [6.45, 7) is 7.69. The Labute approximate surface area is 138 Å². The molecule has 1 aromatic carbocycles. The summed E-state index contributed by atoms with van der Waals surface area (Å²) in [6, 6.07) is 12.8. The van der Waals surface area contributed by atoms with Crippen LogP contribution in [0.5, 0.6) is 0 Å². The van der Waals surface area contributed by atoms with Crippen LogP contribution < -0.4 is 9.80 Å². The molecule has 1 aromatic heterocycles. The van der Waals surface area contributed by atoms with Crippen LogP contribution in [-0.2, 0) is 13.0 Å². The van der Waals surface area contributed by atoms with E-state index in [9.17, 15) is 5.26 Å². The van der Waals surface area contributed by atoms with Crippen LogP contribution in [0.25, 0.3) is 0 Å². The van der Waals surface area contributed by atoms with Gasteiger partial charge in [-0.25, -0.2) is 4.98 Å². The van der Waals surface area contributed by atoms with E-state index in [1.807, 2.05) is 12.3 Å². The van der Waals surface area contributed by atoms with Gasteiger partial charge in [-0.2, -0.15) is 5.26 Å². The zero-order chi connectivity index (χ0) is 16.2. The van der Waals surface area contributed by atoms with Crippen molar-refractivity contribution < 1.29 is 0 Å². The molecule has 118 valence electrons. The fraction of sp³-hybridized carbons (Fsp3) is 0.368. The van der Waals surface area contributed by atoms with Gasteiger partial charge in [0.25, 0.3) is 0 Å². The van der Waals surface area contributed by atoms with Crippen molar-refractivity contribution in [1.29, 1.82) is 5.26 Å². The molecule has 23 heavy (non-hydrogen) atoms. The Hall–Kier alpha value is -2.54. The standard InChI is InChI=1S/C19H22N4/c1-3-22(4-2)19-17(12-20)18-16(13-21-19)10-11-23(18)14-15-8-6-5-7-9-15/h5-9,13H,3-4,10-11,14H2,1-2H3. The van der Waals surface area contributed by atoms with Gasteiger partial charge in [0.1, 0.15) is 17.5 Å². The van der Waals surface area contributed by atoms with E-state index < -0.39 is 0 Å². The lowest BCUT2D eigenvalue weighted by Crippen LogP contribution is -2.26. The Balaban J connectivity index is 2.00. The number of hydrogen-bond acceptors (Lipinski definition) is 4. The number of rotatable bonds is 5. The summed E-state index contributed by atoms with van der Waals surface area (Å²) in [4.78, 5) is 9.05. The second-order valence-electron chi connectivity index (χ2n) is 5.77. The van der Waals surface area contributed by atoms with Crippen molar-refractivity contribution in [2.45, 2.75) is 26.8 Å². The Bertz CT molecular complexity index is 714. The van der Waals surface area contributed by atoms with Crippen molar-refractivity contribution in [3.63, 3.8) is 0 Å². The summed E-state index contributed by atoms with van der Waals surface area (Å²) < 4.78 is 0. The van der Waals surface area contributed by atoms with Crippen molar-refractivity contribution in [2.75, 3.05) is 29.4 Å². The van der Waals surface area contributed by atoms with Gasteiger partial charge in [-0.15, -0.1) is 0 Å². The number of nitrogens with zero attached hydrogens (tertiary/aromatic N) is 4. The lowest BCUT2D eigenvalue weighted by atomic mass is 10.1. The van der Waals surface area contributed by atoms with Crippen LogP contribution in [0.4, 0.5) is 11.5 Å². The van der Waals surface area contributed by atoms with Gasteiger partial charge in [0.05, 0.1) is 5.69 Å². The van der Waals surface area contributed by atoms with Crippen LogP contribution in [0.1, 0.15) is 30.5 Å². The van der Waals surface area contributed by atoms with Crippen molar-refractivity contribution in [3.05, 3.63) is 53.2 Å². The van der Waals surface area contributed by atoms with Crippen LogP contribution in [0.15, 0.2) is 36.5 Å². The van der Waals surface area contributed by atoms with Crippen LogP contribution >= 0.6 is 0 Å². The number of nitriles is 1. The number of anilines is 2. The predicted molar refractivity (Wildman–Crippen MR) is 93.7 cm³/mol. The molecule has 4 heteroatoms. The second-order valence-corrected chi connectivity index (χ2v) is 5.77. The van der Waals surface area contributed by atoms with E-state index in [1.165, 1.54) is 11.1 Å². The van der Waals surface area contributed by atoms with Crippen molar-refractivity contribution >= 4 is 11.5 Å². The van der Waals surface area contributed by atoms with Gasteiger partial charge in [-0.1, -0.05) is 30.3 Å². The smallest absolute Gasteiger partial charge is 0.148 e. The van der Waals surface area contributed by atoms with E-state index in [0.717, 1.165) is 49.7 Å². The largest absolute Gasteiger partial charge is 0.365 e. The molecule has 0 unspecified atom stereocenters. The van der Waals surface area contributed by atoms with E-state index in [2.05, 4.69) is 59.0 Å². The molecule has 2 heterocycles. The van der Waals surface area contributed by atoms with Crippen molar-refractivity contribution in [1.82, 2.24) is 4.98 Å². The Morgan fingerprint density at radius 1 is 1.22 bits per heavy atom. The van der Waals surface area contributed by atoms with E-state index in [1.54, 1.807) is 0 Å². The third kappa shape index (κ3) is 2.87.